The molecule has 0 radical (unpaired) electrons. The van der Waals surface area contributed by atoms with Crippen LogP contribution in [0.1, 0.15) is 45.7 Å². The van der Waals surface area contributed by atoms with Gasteiger partial charge in [-0.2, -0.15) is 5.10 Å². The number of likely N-dealkylation sites (tertiary alicyclic amines) is 1. The number of piperidine rings is 1. The number of nitrogens with one attached hydrogen (secondary N) is 1. The Hall–Kier alpha value is -2.63. The Morgan fingerprint density at radius 2 is 1.85 bits per heavy atom. The van der Waals surface area contributed by atoms with Gasteiger partial charge in [-0.3, -0.25) is 14.3 Å². The minimum Gasteiger partial charge on any atom is -0.350 e. The van der Waals surface area contributed by atoms with E-state index < -0.39 is 0 Å². The summed E-state index contributed by atoms with van der Waals surface area (Å²) in [5.41, 5.74) is 4.77. The molecule has 6 heteroatoms. The average molecular weight is 368 g/mol. The molecule has 1 unspecified atom stereocenters. The van der Waals surface area contributed by atoms with E-state index in [0.29, 0.717) is 25.2 Å². The van der Waals surface area contributed by atoms with Crippen LogP contribution in [-0.2, 0) is 18.4 Å². The van der Waals surface area contributed by atoms with Crippen molar-refractivity contribution >= 4 is 11.8 Å². The quantitative estimate of drug-likeness (QED) is 0.902. The maximum Gasteiger partial charge on any atom is 0.253 e. The summed E-state index contributed by atoms with van der Waals surface area (Å²) in [5.74, 6) is -0.142. The summed E-state index contributed by atoms with van der Waals surface area (Å²) in [6.45, 7) is 7.56. The van der Waals surface area contributed by atoms with Crippen LogP contribution in [0.25, 0.3) is 0 Å². The molecule has 0 saturated carbocycles. The van der Waals surface area contributed by atoms with Crippen LogP contribution in [0.2, 0.25) is 0 Å². The minimum atomic E-state index is -0.164. The van der Waals surface area contributed by atoms with Gasteiger partial charge in [-0.1, -0.05) is 17.2 Å². The Morgan fingerprint density at radius 3 is 2.48 bits per heavy atom. The fourth-order valence-corrected chi connectivity index (χ4v) is 3.81. The number of hydrogen-bond donors (Lipinski definition) is 1. The molecule has 1 aliphatic rings. The van der Waals surface area contributed by atoms with Crippen molar-refractivity contribution in [2.24, 2.45) is 13.0 Å². The molecule has 1 aromatic heterocycles. The van der Waals surface area contributed by atoms with Gasteiger partial charge in [0.1, 0.15) is 0 Å². The summed E-state index contributed by atoms with van der Waals surface area (Å²) in [7, 11) is 1.87. The Kier molecular flexibility index (Phi) is 5.63. The molecule has 1 aliphatic heterocycles. The Morgan fingerprint density at radius 1 is 1.15 bits per heavy atom. The monoisotopic (exact) mass is 368 g/mol. The van der Waals surface area contributed by atoms with Gasteiger partial charge in [0.05, 0.1) is 23.9 Å². The summed E-state index contributed by atoms with van der Waals surface area (Å²) in [6.07, 6.45) is 1.66. The number of carbonyl (C=O) groups excluding carboxylic acids is 2. The number of hydrogen-bond acceptors (Lipinski definition) is 3. The zero-order valence-corrected chi connectivity index (χ0v) is 16.6. The fourth-order valence-electron chi connectivity index (χ4n) is 3.81. The second kappa shape index (κ2) is 7.94. The first kappa shape index (κ1) is 19.1. The van der Waals surface area contributed by atoms with Gasteiger partial charge in [-0.25, -0.2) is 0 Å². The third-order valence-corrected chi connectivity index (χ3v) is 5.09. The molecule has 27 heavy (non-hydrogen) atoms. The Labute approximate surface area is 160 Å². The van der Waals surface area contributed by atoms with E-state index in [-0.39, 0.29) is 17.7 Å². The molecule has 0 aliphatic carbocycles. The highest BCUT2D eigenvalue weighted by atomic mass is 16.2. The fraction of sp³-hybridized carbons (Fsp3) is 0.476. The van der Waals surface area contributed by atoms with E-state index >= 15 is 0 Å². The SMILES string of the molecule is Cc1cc(C)cc(C(=O)N2CCCC(C(=O)NCc3cc(C)nn3C)C2)c1. The van der Waals surface area contributed by atoms with Crippen LogP contribution in [-0.4, -0.2) is 39.6 Å². The largest absolute Gasteiger partial charge is 0.350 e. The van der Waals surface area contributed by atoms with Crippen LogP contribution in [0.15, 0.2) is 24.3 Å². The number of carbonyl (C=O) groups is 2. The van der Waals surface area contributed by atoms with Crippen LogP contribution < -0.4 is 5.32 Å². The molecule has 1 fully saturated rings. The van der Waals surface area contributed by atoms with E-state index in [9.17, 15) is 9.59 Å². The summed E-state index contributed by atoms with van der Waals surface area (Å²) >= 11 is 0. The first-order valence-electron chi connectivity index (χ1n) is 9.48. The predicted octanol–water partition coefficient (Wildman–Crippen LogP) is 2.51. The van der Waals surface area contributed by atoms with Crippen molar-refractivity contribution in [2.45, 2.75) is 40.2 Å². The lowest BCUT2D eigenvalue weighted by molar-refractivity contribution is -0.126. The van der Waals surface area contributed by atoms with Crippen LogP contribution in [0, 0.1) is 26.7 Å². The normalized spacial score (nSPS) is 17.0. The molecule has 2 heterocycles. The third kappa shape index (κ3) is 4.56. The maximum atomic E-state index is 12.9. The molecular formula is C21H28N4O2. The first-order chi connectivity index (χ1) is 12.8. The molecule has 2 amide bonds. The number of aryl methyl sites for hydroxylation is 4. The van der Waals surface area contributed by atoms with Gasteiger partial charge in [0.25, 0.3) is 5.91 Å². The first-order valence-corrected chi connectivity index (χ1v) is 9.48. The molecule has 0 spiro atoms. The van der Waals surface area contributed by atoms with Crippen molar-refractivity contribution in [1.29, 1.82) is 0 Å². The molecule has 0 bridgehead atoms. The zero-order valence-electron chi connectivity index (χ0n) is 16.6. The topological polar surface area (TPSA) is 67.2 Å². The van der Waals surface area contributed by atoms with Gasteiger partial charge in [0, 0.05) is 25.7 Å². The van der Waals surface area contributed by atoms with Crippen molar-refractivity contribution < 1.29 is 9.59 Å². The van der Waals surface area contributed by atoms with Crippen LogP contribution in [0.5, 0.6) is 0 Å². The van der Waals surface area contributed by atoms with Crippen molar-refractivity contribution in [3.63, 3.8) is 0 Å². The molecule has 1 aromatic carbocycles. The van der Waals surface area contributed by atoms with Gasteiger partial charge < -0.3 is 10.2 Å². The van der Waals surface area contributed by atoms with Gasteiger partial charge in [-0.15, -0.1) is 0 Å². The van der Waals surface area contributed by atoms with Crippen LogP contribution >= 0.6 is 0 Å². The number of benzene rings is 1. The molecular weight excluding hydrogens is 340 g/mol. The van der Waals surface area contributed by atoms with E-state index in [4.69, 9.17) is 0 Å². The number of nitrogens with zero attached hydrogens (tertiary/aromatic N) is 3. The standard InChI is InChI=1S/C21H28N4O2/c1-14-8-15(2)10-18(9-14)21(27)25-7-5-6-17(13-25)20(26)22-12-19-11-16(3)23-24(19)4/h8-11,17H,5-7,12-13H2,1-4H3,(H,22,26). The average Bonchev–Trinajstić information content (AvgIpc) is 2.95. The molecule has 1 saturated heterocycles. The highest BCUT2D eigenvalue weighted by Crippen LogP contribution is 2.20. The Balaban J connectivity index is 1.62. The number of rotatable bonds is 4. The summed E-state index contributed by atoms with van der Waals surface area (Å²) in [4.78, 5) is 27.3. The molecule has 2 aromatic rings. The number of amides is 2. The van der Waals surface area contributed by atoms with E-state index in [0.717, 1.165) is 35.4 Å². The van der Waals surface area contributed by atoms with E-state index in [1.165, 1.54) is 0 Å². The maximum absolute atomic E-state index is 12.9. The lowest BCUT2D eigenvalue weighted by atomic mass is 9.96. The van der Waals surface area contributed by atoms with E-state index in [2.05, 4.69) is 16.5 Å². The summed E-state index contributed by atoms with van der Waals surface area (Å²) < 4.78 is 1.78. The second-order valence-corrected chi connectivity index (χ2v) is 7.59. The lowest BCUT2D eigenvalue weighted by Gasteiger charge is -2.32. The third-order valence-electron chi connectivity index (χ3n) is 5.09. The van der Waals surface area contributed by atoms with E-state index in [1.54, 1.807) is 4.68 Å². The predicted molar refractivity (Wildman–Crippen MR) is 104 cm³/mol. The second-order valence-electron chi connectivity index (χ2n) is 7.59. The zero-order chi connectivity index (χ0) is 19.6. The smallest absolute Gasteiger partial charge is 0.253 e. The van der Waals surface area contributed by atoms with E-state index in [1.807, 2.05) is 50.9 Å². The molecule has 6 nitrogen and oxygen atoms in total. The highest BCUT2D eigenvalue weighted by molar-refractivity contribution is 5.95. The number of aromatic nitrogens is 2. The highest BCUT2D eigenvalue weighted by Gasteiger charge is 2.29. The van der Waals surface area contributed by atoms with Crippen LogP contribution in [0.3, 0.4) is 0 Å². The van der Waals surface area contributed by atoms with Crippen molar-refractivity contribution in [3.8, 4) is 0 Å². The van der Waals surface area contributed by atoms with Gasteiger partial charge >= 0.3 is 0 Å². The van der Waals surface area contributed by atoms with Crippen molar-refractivity contribution in [1.82, 2.24) is 20.0 Å². The molecule has 1 atom stereocenters. The molecule has 1 N–H and O–H groups in total. The van der Waals surface area contributed by atoms with Gasteiger partial charge in [0.2, 0.25) is 5.91 Å². The minimum absolute atomic E-state index is 0.00627. The summed E-state index contributed by atoms with van der Waals surface area (Å²) in [5, 5.41) is 7.30. The van der Waals surface area contributed by atoms with Crippen molar-refractivity contribution in [3.05, 3.63) is 52.3 Å². The van der Waals surface area contributed by atoms with Gasteiger partial charge in [-0.05, 0) is 51.8 Å². The summed E-state index contributed by atoms with van der Waals surface area (Å²) in [6, 6.07) is 7.87. The lowest BCUT2D eigenvalue weighted by Crippen LogP contribution is -2.45. The van der Waals surface area contributed by atoms with Crippen LogP contribution in [0.4, 0.5) is 0 Å². The Bertz CT molecular complexity index is 836. The van der Waals surface area contributed by atoms with Gasteiger partial charge in [0.15, 0.2) is 0 Å². The van der Waals surface area contributed by atoms with Crippen molar-refractivity contribution in [2.75, 3.05) is 13.1 Å². The molecule has 144 valence electrons. The molecule has 3 rings (SSSR count).